The Kier molecular flexibility index (Phi) is 4.36. The van der Waals surface area contributed by atoms with Gasteiger partial charge in [0.05, 0.1) is 4.90 Å². The van der Waals surface area contributed by atoms with Crippen LogP contribution in [0.4, 0.5) is 0 Å². The standard InChI is InChI=1S/C18H19N3O3S/c1-11-3-8-16-15(9-11)12(2)17(21-16)18(22)20-10-13-4-6-14(7-5-13)25(19,23)24/h3-9,21H,10H2,1-2H3,(H,20,22)(H2,19,23,24). The molecule has 1 heterocycles. The SMILES string of the molecule is Cc1ccc2[nH]c(C(=O)NCc3ccc(S(N)(=O)=O)cc3)c(C)c2c1. The molecule has 0 bridgehead atoms. The molecule has 130 valence electrons. The summed E-state index contributed by atoms with van der Waals surface area (Å²) in [6.07, 6.45) is 0. The minimum Gasteiger partial charge on any atom is -0.350 e. The molecule has 0 saturated heterocycles. The number of hydrogen-bond acceptors (Lipinski definition) is 3. The fraction of sp³-hybridized carbons (Fsp3) is 0.167. The maximum atomic E-state index is 12.5. The smallest absolute Gasteiger partial charge is 0.268 e. The number of nitrogens with two attached hydrogens (primary N) is 1. The van der Waals surface area contributed by atoms with Gasteiger partial charge < -0.3 is 10.3 Å². The van der Waals surface area contributed by atoms with Gasteiger partial charge in [-0.1, -0.05) is 23.8 Å². The molecule has 3 rings (SSSR count). The van der Waals surface area contributed by atoms with E-state index in [1.54, 1.807) is 12.1 Å². The van der Waals surface area contributed by atoms with Crippen LogP contribution in [0, 0.1) is 13.8 Å². The van der Waals surface area contributed by atoms with Crippen LogP contribution in [0.1, 0.15) is 27.2 Å². The van der Waals surface area contributed by atoms with Crippen molar-refractivity contribution in [3.8, 4) is 0 Å². The summed E-state index contributed by atoms with van der Waals surface area (Å²) in [6, 6.07) is 12.1. The number of rotatable bonds is 4. The van der Waals surface area contributed by atoms with Crippen molar-refractivity contribution < 1.29 is 13.2 Å². The van der Waals surface area contributed by atoms with E-state index in [1.807, 2.05) is 32.0 Å². The number of aromatic amines is 1. The summed E-state index contributed by atoms with van der Waals surface area (Å²) in [6.45, 7) is 4.21. The molecule has 0 spiro atoms. The second kappa shape index (κ2) is 6.34. The van der Waals surface area contributed by atoms with Crippen molar-refractivity contribution >= 4 is 26.8 Å². The maximum absolute atomic E-state index is 12.5. The van der Waals surface area contributed by atoms with Crippen LogP contribution in [0.25, 0.3) is 10.9 Å². The van der Waals surface area contributed by atoms with E-state index < -0.39 is 10.0 Å². The highest BCUT2D eigenvalue weighted by Gasteiger charge is 2.14. The summed E-state index contributed by atoms with van der Waals surface area (Å²) in [5.41, 5.74) is 4.27. The molecule has 25 heavy (non-hydrogen) atoms. The quantitative estimate of drug-likeness (QED) is 0.667. The number of amides is 1. The first-order chi connectivity index (χ1) is 11.8. The van der Waals surface area contributed by atoms with Crippen LogP contribution in [0.2, 0.25) is 0 Å². The summed E-state index contributed by atoms with van der Waals surface area (Å²) in [4.78, 5) is 15.7. The van der Waals surface area contributed by atoms with Crippen LogP contribution < -0.4 is 10.5 Å². The molecule has 0 aliphatic carbocycles. The number of carbonyl (C=O) groups excluding carboxylic acids is 1. The van der Waals surface area contributed by atoms with Gasteiger partial charge in [0, 0.05) is 17.4 Å². The number of hydrogen-bond donors (Lipinski definition) is 3. The second-order valence-corrected chi connectivity index (χ2v) is 7.61. The molecule has 0 atom stereocenters. The Hall–Kier alpha value is -2.64. The lowest BCUT2D eigenvalue weighted by molar-refractivity contribution is 0.0946. The lowest BCUT2D eigenvalue weighted by atomic mass is 10.1. The lowest BCUT2D eigenvalue weighted by Crippen LogP contribution is -2.23. The number of aryl methyl sites for hydroxylation is 2. The van der Waals surface area contributed by atoms with Gasteiger partial charge in [0.15, 0.2) is 0 Å². The van der Waals surface area contributed by atoms with Crippen LogP contribution in [0.15, 0.2) is 47.4 Å². The third-order valence-corrected chi connectivity index (χ3v) is 5.07. The highest BCUT2D eigenvalue weighted by molar-refractivity contribution is 7.89. The van der Waals surface area contributed by atoms with Gasteiger partial charge >= 0.3 is 0 Å². The van der Waals surface area contributed by atoms with Crippen LogP contribution in [0.3, 0.4) is 0 Å². The summed E-state index contributed by atoms with van der Waals surface area (Å²) in [5.74, 6) is -0.207. The summed E-state index contributed by atoms with van der Waals surface area (Å²) in [7, 11) is -3.71. The number of sulfonamides is 1. The van der Waals surface area contributed by atoms with E-state index in [-0.39, 0.29) is 17.3 Å². The predicted molar refractivity (Wildman–Crippen MR) is 96.8 cm³/mol. The Morgan fingerprint density at radius 3 is 2.44 bits per heavy atom. The largest absolute Gasteiger partial charge is 0.350 e. The van der Waals surface area contributed by atoms with Crippen LogP contribution >= 0.6 is 0 Å². The Morgan fingerprint density at radius 1 is 1.12 bits per heavy atom. The van der Waals surface area contributed by atoms with Gasteiger partial charge in [-0.25, -0.2) is 13.6 Å². The molecule has 7 heteroatoms. The van der Waals surface area contributed by atoms with E-state index in [1.165, 1.54) is 12.1 Å². The molecule has 3 aromatic rings. The monoisotopic (exact) mass is 357 g/mol. The molecule has 0 saturated carbocycles. The molecule has 0 radical (unpaired) electrons. The molecule has 1 amide bonds. The van der Waals surface area contributed by atoms with E-state index in [0.717, 1.165) is 27.6 Å². The highest BCUT2D eigenvalue weighted by Crippen LogP contribution is 2.22. The molecule has 4 N–H and O–H groups in total. The number of nitrogens with one attached hydrogen (secondary N) is 2. The molecule has 0 fully saturated rings. The summed E-state index contributed by atoms with van der Waals surface area (Å²) >= 11 is 0. The van der Waals surface area contributed by atoms with Gasteiger partial charge in [0.2, 0.25) is 10.0 Å². The minimum absolute atomic E-state index is 0.0457. The number of aromatic nitrogens is 1. The van der Waals surface area contributed by atoms with Crippen LogP contribution in [-0.4, -0.2) is 19.3 Å². The first-order valence-electron chi connectivity index (χ1n) is 7.74. The topological polar surface area (TPSA) is 105 Å². The van der Waals surface area contributed by atoms with E-state index in [2.05, 4.69) is 10.3 Å². The fourth-order valence-electron chi connectivity index (χ4n) is 2.74. The Bertz CT molecular complexity index is 1050. The third-order valence-electron chi connectivity index (χ3n) is 4.15. The van der Waals surface area contributed by atoms with E-state index in [0.29, 0.717) is 5.69 Å². The zero-order valence-corrected chi connectivity index (χ0v) is 14.8. The van der Waals surface area contributed by atoms with Gasteiger partial charge in [0.1, 0.15) is 5.69 Å². The number of fused-ring (bicyclic) bond motifs is 1. The van der Waals surface area contributed by atoms with E-state index in [4.69, 9.17) is 5.14 Å². The number of carbonyl (C=O) groups is 1. The van der Waals surface area contributed by atoms with Crippen LogP contribution in [-0.2, 0) is 16.6 Å². The van der Waals surface area contributed by atoms with Gasteiger partial charge in [-0.15, -0.1) is 0 Å². The molecular weight excluding hydrogens is 338 g/mol. The van der Waals surface area contributed by atoms with Gasteiger partial charge in [-0.2, -0.15) is 0 Å². The van der Waals surface area contributed by atoms with Crippen molar-refractivity contribution in [3.05, 3.63) is 64.8 Å². The first-order valence-corrected chi connectivity index (χ1v) is 9.29. The molecule has 0 aliphatic heterocycles. The fourth-order valence-corrected chi connectivity index (χ4v) is 3.25. The second-order valence-electron chi connectivity index (χ2n) is 6.05. The third kappa shape index (κ3) is 3.57. The van der Waals surface area contributed by atoms with Crippen molar-refractivity contribution in [2.24, 2.45) is 5.14 Å². The summed E-state index contributed by atoms with van der Waals surface area (Å²) < 4.78 is 22.5. The zero-order chi connectivity index (χ0) is 18.2. The highest BCUT2D eigenvalue weighted by atomic mass is 32.2. The van der Waals surface area contributed by atoms with E-state index in [9.17, 15) is 13.2 Å². The van der Waals surface area contributed by atoms with Crippen molar-refractivity contribution in [3.63, 3.8) is 0 Å². The lowest BCUT2D eigenvalue weighted by Gasteiger charge is -2.06. The predicted octanol–water partition coefficient (Wildman–Crippen LogP) is 2.36. The zero-order valence-electron chi connectivity index (χ0n) is 14.0. The van der Waals surface area contributed by atoms with Crippen molar-refractivity contribution in [2.45, 2.75) is 25.3 Å². The molecular formula is C18H19N3O3S. The van der Waals surface area contributed by atoms with Gasteiger partial charge in [0.25, 0.3) is 5.91 Å². The molecule has 0 aliphatic rings. The van der Waals surface area contributed by atoms with Gasteiger partial charge in [-0.3, -0.25) is 4.79 Å². The molecule has 6 nitrogen and oxygen atoms in total. The average Bonchev–Trinajstić information content (AvgIpc) is 2.89. The average molecular weight is 357 g/mol. The number of benzene rings is 2. The Balaban J connectivity index is 1.76. The summed E-state index contributed by atoms with van der Waals surface area (Å²) in [5, 5.41) is 8.94. The van der Waals surface area contributed by atoms with Crippen molar-refractivity contribution in [1.82, 2.24) is 10.3 Å². The number of primary sulfonamides is 1. The van der Waals surface area contributed by atoms with Crippen molar-refractivity contribution in [1.29, 1.82) is 0 Å². The Labute approximate surface area is 146 Å². The van der Waals surface area contributed by atoms with Crippen molar-refractivity contribution in [2.75, 3.05) is 0 Å². The normalized spacial score (nSPS) is 11.6. The first kappa shape index (κ1) is 17.2. The molecule has 0 unspecified atom stereocenters. The van der Waals surface area contributed by atoms with Crippen LogP contribution in [0.5, 0.6) is 0 Å². The molecule has 2 aromatic carbocycles. The van der Waals surface area contributed by atoms with E-state index >= 15 is 0 Å². The number of H-pyrrole nitrogens is 1. The Morgan fingerprint density at radius 2 is 1.80 bits per heavy atom. The van der Waals surface area contributed by atoms with Gasteiger partial charge in [-0.05, 0) is 49.2 Å². The molecule has 1 aromatic heterocycles. The maximum Gasteiger partial charge on any atom is 0.268 e. The minimum atomic E-state index is -3.71.